The van der Waals surface area contributed by atoms with Gasteiger partial charge >= 0.3 is 0 Å². The number of hydrogen-bond donors (Lipinski definition) is 2. The van der Waals surface area contributed by atoms with E-state index in [0.29, 0.717) is 25.5 Å². The van der Waals surface area contributed by atoms with Crippen LogP contribution in [0.2, 0.25) is 0 Å². The molecule has 1 aromatic rings. The number of anilines is 2. The van der Waals surface area contributed by atoms with Crippen molar-refractivity contribution >= 4 is 17.7 Å². The van der Waals surface area contributed by atoms with E-state index in [1.165, 1.54) is 0 Å². The molecule has 16 heavy (non-hydrogen) atoms. The maximum Gasteiger partial charge on any atom is 0.224 e. The molecule has 0 aliphatic carbocycles. The van der Waals surface area contributed by atoms with Gasteiger partial charge in [-0.3, -0.25) is 4.79 Å². The first-order valence-electron chi connectivity index (χ1n) is 5.32. The molecule has 0 spiro atoms. The van der Waals surface area contributed by atoms with Gasteiger partial charge in [-0.2, -0.15) is 4.98 Å². The Hall–Kier alpha value is -1.85. The molecule has 1 amide bonds. The van der Waals surface area contributed by atoms with Crippen LogP contribution in [0, 0.1) is 0 Å². The van der Waals surface area contributed by atoms with E-state index in [1.54, 1.807) is 13.2 Å². The van der Waals surface area contributed by atoms with Gasteiger partial charge < -0.3 is 15.5 Å². The highest BCUT2D eigenvalue weighted by molar-refractivity contribution is 5.77. The Bertz CT molecular complexity index is 381. The fourth-order valence-corrected chi connectivity index (χ4v) is 1.64. The first kappa shape index (κ1) is 10.7. The van der Waals surface area contributed by atoms with E-state index in [4.69, 9.17) is 0 Å². The third-order valence-corrected chi connectivity index (χ3v) is 2.50. The highest BCUT2D eigenvalue weighted by Gasteiger charge is 2.14. The minimum atomic E-state index is 0.102. The summed E-state index contributed by atoms with van der Waals surface area (Å²) in [5.41, 5.74) is 0. The molecule has 86 valence electrons. The number of rotatable bonds is 2. The molecular formula is C10H15N5O. The fourth-order valence-electron chi connectivity index (χ4n) is 1.64. The zero-order valence-corrected chi connectivity index (χ0v) is 9.23. The van der Waals surface area contributed by atoms with E-state index in [-0.39, 0.29) is 5.91 Å². The maximum atomic E-state index is 11.2. The monoisotopic (exact) mass is 221 g/mol. The molecule has 0 unspecified atom stereocenters. The van der Waals surface area contributed by atoms with Gasteiger partial charge in [0.05, 0.1) is 0 Å². The molecule has 0 atom stereocenters. The molecule has 1 saturated heterocycles. The van der Waals surface area contributed by atoms with Crippen LogP contribution in [0.25, 0.3) is 0 Å². The van der Waals surface area contributed by atoms with Crippen LogP contribution in [-0.2, 0) is 4.79 Å². The molecule has 2 heterocycles. The molecule has 1 fully saturated rings. The van der Waals surface area contributed by atoms with Gasteiger partial charge in [-0.15, -0.1) is 0 Å². The van der Waals surface area contributed by atoms with Crippen LogP contribution < -0.4 is 15.5 Å². The number of carbonyl (C=O) groups excluding carboxylic acids is 1. The molecule has 2 N–H and O–H groups in total. The van der Waals surface area contributed by atoms with Crippen molar-refractivity contribution in [2.24, 2.45) is 0 Å². The van der Waals surface area contributed by atoms with Crippen molar-refractivity contribution in [3.63, 3.8) is 0 Å². The molecule has 6 nitrogen and oxygen atoms in total. The lowest BCUT2D eigenvalue weighted by atomic mass is 10.4. The second-order valence-corrected chi connectivity index (χ2v) is 3.58. The van der Waals surface area contributed by atoms with Gasteiger partial charge in [0.1, 0.15) is 5.82 Å². The van der Waals surface area contributed by atoms with Crippen molar-refractivity contribution in [1.82, 2.24) is 15.3 Å². The van der Waals surface area contributed by atoms with Crippen LogP contribution in [0.15, 0.2) is 12.3 Å². The minimum absolute atomic E-state index is 0.102. The van der Waals surface area contributed by atoms with E-state index >= 15 is 0 Å². The van der Waals surface area contributed by atoms with E-state index in [2.05, 4.69) is 25.5 Å². The molecule has 0 aromatic carbocycles. The third-order valence-electron chi connectivity index (χ3n) is 2.50. The first-order valence-corrected chi connectivity index (χ1v) is 5.32. The Morgan fingerprint density at radius 1 is 1.50 bits per heavy atom. The van der Waals surface area contributed by atoms with Crippen LogP contribution in [0.4, 0.5) is 11.8 Å². The molecule has 2 rings (SSSR count). The Morgan fingerprint density at radius 3 is 3.19 bits per heavy atom. The number of nitrogens with zero attached hydrogens (tertiary/aromatic N) is 3. The van der Waals surface area contributed by atoms with Crippen molar-refractivity contribution < 1.29 is 4.79 Å². The summed E-state index contributed by atoms with van der Waals surface area (Å²) in [5.74, 6) is 1.56. The molecule has 0 saturated carbocycles. The van der Waals surface area contributed by atoms with E-state index in [0.717, 1.165) is 12.4 Å². The Kier molecular flexibility index (Phi) is 3.19. The number of hydrogen-bond acceptors (Lipinski definition) is 5. The SMILES string of the molecule is CNc1nccc(N2CCNC(=O)CC2)n1. The van der Waals surface area contributed by atoms with Crippen LogP contribution in [0.5, 0.6) is 0 Å². The zero-order valence-electron chi connectivity index (χ0n) is 9.23. The largest absolute Gasteiger partial charge is 0.357 e. The van der Waals surface area contributed by atoms with Crippen molar-refractivity contribution in [2.45, 2.75) is 6.42 Å². The number of amides is 1. The molecule has 0 radical (unpaired) electrons. The van der Waals surface area contributed by atoms with Crippen LogP contribution in [0.3, 0.4) is 0 Å². The van der Waals surface area contributed by atoms with Crippen LogP contribution >= 0.6 is 0 Å². The Morgan fingerprint density at radius 2 is 2.38 bits per heavy atom. The average Bonchev–Trinajstić information content (AvgIpc) is 2.54. The maximum absolute atomic E-state index is 11.2. The van der Waals surface area contributed by atoms with Crippen molar-refractivity contribution in [3.8, 4) is 0 Å². The predicted molar refractivity (Wildman–Crippen MR) is 61.4 cm³/mol. The Balaban J connectivity index is 2.13. The molecule has 1 aliphatic heterocycles. The predicted octanol–water partition coefficient (Wildman–Crippen LogP) is -0.155. The number of carbonyl (C=O) groups is 1. The quantitative estimate of drug-likeness (QED) is 0.726. The van der Waals surface area contributed by atoms with E-state index in [1.807, 2.05) is 6.07 Å². The van der Waals surface area contributed by atoms with Crippen molar-refractivity contribution in [1.29, 1.82) is 0 Å². The van der Waals surface area contributed by atoms with Crippen molar-refractivity contribution in [2.75, 3.05) is 36.9 Å². The lowest BCUT2D eigenvalue weighted by Gasteiger charge is -2.20. The van der Waals surface area contributed by atoms with E-state index < -0.39 is 0 Å². The molecule has 6 heteroatoms. The highest BCUT2D eigenvalue weighted by Crippen LogP contribution is 2.12. The summed E-state index contributed by atoms with van der Waals surface area (Å²) in [4.78, 5) is 21.7. The van der Waals surface area contributed by atoms with Gasteiger partial charge in [0.15, 0.2) is 0 Å². The fraction of sp³-hybridized carbons (Fsp3) is 0.500. The Labute approximate surface area is 94.1 Å². The second-order valence-electron chi connectivity index (χ2n) is 3.58. The van der Waals surface area contributed by atoms with Crippen molar-refractivity contribution in [3.05, 3.63) is 12.3 Å². The third kappa shape index (κ3) is 2.39. The first-order chi connectivity index (χ1) is 7.79. The summed E-state index contributed by atoms with van der Waals surface area (Å²) in [6.07, 6.45) is 2.23. The second kappa shape index (κ2) is 4.78. The summed E-state index contributed by atoms with van der Waals surface area (Å²) in [6.45, 7) is 2.15. The topological polar surface area (TPSA) is 70.2 Å². The van der Waals surface area contributed by atoms with Gasteiger partial charge in [-0.1, -0.05) is 0 Å². The van der Waals surface area contributed by atoms with E-state index in [9.17, 15) is 4.79 Å². The molecular weight excluding hydrogens is 206 g/mol. The summed E-state index contributed by atoms with van der Waals surface area (Å²) in [5, 5.41) is 5.73. The summed E-state index contributed by atoms with van der Waals surface area (Å²) in [6, 6.07) is 1.86. The zero-order chi connectivity index (χ0) is 11.4. The lowest BCUT2D eigenvalue weighted by Crippen LogP contribution is -2.29. The molecule has 1 aliphatic rings. The smallest absolute Gasteiger partial charge is 0.224 e. The standard InChI is InChI=1S/C10H15N5O/c1-11-10-13-4-2-8(14-10)15-6-3-9(16)12-5-7-15/h2,4H,3,5-7H2,1H3,(H,12,16)(H,11,13,14). The van der Waals surface area contributed by atoms with Crippen LogP contribution in [-0.4, -0.2) is 42.6 Å². The molecule has 0 bridgehead atoms. The average molecular weight is 221 g/mol. The lowest BCUT2D eigenvalue weighted by molar-refractivity contribution is -0.120. The number of aromatic nitrogens is 2. The molecule has 1 aromatic heterocycles. The summed E-state index contributed by atoms with van der Waals surface area (Å²) in [7, 11) is 1.78. The van der Waals surface area contributed by atoms with Gasteiger partial charge in [0.25, 0.3) is 0 Å². The van der Waals surface area contributed by atoms with Gasteiger partial charge in [-0.05, 0) is 6.07 Å². The summed E-state index contributed by atoms with van der Waals surface area (Å²) >= 11 is 0. The normalized spacial score (nSPS) is 16.6. The van der Waals surface area contributed by atoms with Gasteiger partial charge in [0, 0.05) is 39.3 Å². The highest BCUT2D eigenvalue weighted by atomic mass is 16.1. The van der Waals surface area contributed by atoms with Gasteiger partial charge in [-0.25, -0.2) is 4.98 Å². The van der Waals surface area contributed by atoms with Gasteiger partial charge in [0.2, 0.25) is 11.9 Å². The minimum Gasteiger partial charge on any atom is -0.357 e. The summed E-state index contributed by atoms with van der Waals surface area (Å²) < 4.78 is 0. The number of nitrogens with one attached hydrogen (secondary N) is 2. The van der Waals surface area contributed by atoms with Crippen LogP contribution in [0.1, 0.15) is 6.42 Å².